The summed E-state index contributed by atoms with van der Waals surface area (Å²) >= 11 is 4.93. The van der Waals surface area contributed by atoms with Gasteiger partial charge in [0.25, 0.3) is 0 Å². The molecule has 0 saturated heterocycles. The predicted molar refractivity (Wildman–Crippen MR) is 60.6 cm³/mol. The SMILES string of the molecule is COCCNC(=O)Cc1ccc(Br)s1. The van der Waals surface area contributed by atoms with Gasteiger partial charge in [0.2, 0.25) is 5.91 Å². The van der Waals surface area contributed by atoms with Gasteiger partial charge in [0.05, 0.1) is 16.8 Å². The highest BCUT2D eigenvalue weighted by Gasteiger charge is 2.04. The third-order valence-corrected chi connectivity index (χ3v) is 3.22. The van der Waals surface area contributed by atoms with Crippen molar-refractivity contribution in [2.24, 2.45) is 0 Å². The lowest BCUT2D eigenvalue weighted by molar-refractivity contribution is -0.120. The summed E-state index contributed by atoms with van der Waals surface area (Å²) in [6.45, 7) is 1.13. The molecule has 0 aliphatic carbocycles. The molecule has 0 spiro atoms. The lowest BCUT2D eigenvalue weighted by Gasteiger charge is -2.02. The molecule has 1 heterocycles. The van der Waals surface area contributed by atoms with E-state index in [2.05, 4.69) is 21.2 Å². The van der Waals surface area contributed by atoms with Crippen molar-refractivity contribution in [2.75, 3.05) is 20.3 Å². The summed E-state index contributed by atoms with van der Waals surface area (Å²) in [6, 6.07) is 3.90. The minimum absolute atomic E-state index is 0.0383. The molecule has 1 rings (SSSR count). The predicted octanol–water partition coefficient (Wildman–Crippen LogP) is 1.82. The van der Waals surface area contributed by atoms with Gasteiger partial charge in [0.15, 0.2) is 0 Å². The second-order valence-corrected chi connectivity index (χ2v) is 5.27. The van der Waals surface area contributed by atoms with Crippen molar-refractivity contribution < 1.29 is 9.53 Å². The van der Waals surface area contributed by atoms with Crippen LogP contribution in [0.25, 0.3) is 0 Å². The standard InChI is InChI=1S/C9H12BrNO2S/c1-13-5-4-11-9(12)6-7-2-3-8(10)14-7/h2-3H,4-6H2,1H3,(H,11,12). The molecule has 0 bridgehead atoms. The maximum absolute atomic E-state index is 11.3. The number of ether oxygens (including phenoxy) is 1. The van der Waals surface area contributed by atoms with Gasteiger partial charge in [0, 0.05) is 18.5 Å². The molecule has 0 atom stereocenters. The Balaban J connectivity index is 2.27. The molecule has 0 aliphatic rings. The summed E-state index contributed by atoms with van der Waals surface area (Å²) in [4.78, 5) is 12.4. The number of methoxy groups -OCH3 is 1. The number of halogens is 1. The highest BCUT2D eigenvalue weighted by atomic mass is 79.9. The third-order valence-electron chi connectivity index (χ3n) is 1.59. The number of hydrogen-bond acceptors (Lipinski definition) is 3. The largest absolute Gasteiger partial charge is 0.383 e. The molecule has 0 unspecified atom stereocenters. The van der Waals surface area contributed by atoms with Gasteiger partial charge in [-0.15, -0.1) is 11.3 Å². The van der Waals surface area contributed by atoms with E-state index in [4.69, 9.17) is 4.74 Å². The number of carbonyl (C=O) groups is 1. The fourth-order valence-electron chi connectivity index (χ4n) is 0.960. The molecular weight excluding hydrogens is 266 g/mol. The third kappa shape index (κ3) is 4.21. The Hall–Kier alpha value is -0.390. The molecule has 1 N–H and O–H groups in total. The van der Waals surface area contributed by atoms with Crippen LogP contribution in [0.15, 0.2) is 15.9 Å². The highest BCUT2D eigenvalue weighted by Crippen LogP contribution is 2.22. The van der Waals surface area contributed by atoms with Crippen LogP contribution in [0.5, 0.6) is 0 Å². The first-order valence-corrected chi connectivity index (χ1v) is 5.83. The van der Waals surface area contributed by atoms with Crippen molar-refractivity contribution in [3.05, 3.63) is 20.8 Å². The van der Waals surface area contributed by atoms with Gasteiger partial charge < -0.3 is 10.1 Å². The van der Waals surface area contributed by atoms with Crippen LogP contribution in [-0.2, 0) is 16.0 Å². The molecule has 14 heavy (non-hydrogen) atoms. The molecule has 5 heteroatoms. The number of thiophene rings is 1. The normalized spacial score (nSPS) is 10.1. The van der Waals surface area contributed by atoms with Crippen LogP contribution in [0.4, 0.5) is 0 Å². The molecule has 1 aromatic heterocycles. The van der Waals surface area contributed by atoms with Crippen molar-refractivity contribution in [2.45, 2.75) is 6.42 Å². The molecule has 1 amide bonds. The average Bonchev–Trinajstić information content (AvgIpc) is 2.52. The highest BCUT2D eigenvalue weighted by molar-refractivity contribution is 9.11. The topological polar surface area (TPSA) is 38.3 Å². The quantitative estimate of drug-likeness (QED) is 0.834. The fraction of sp³-hybridized carbons (Fsp3) is 0.444. The van der Waals surface area contributed by atoms with Crippen LogP contribution in [0.2, 0.25) is 0 Å². The van der Waals surface area contributed by atoms with Gasteiger partial charge in [-0.25, -0.2) is 0 Å². The van der Waals surface area contributed by atoms with Crippen LogP contribution in [0.1, 0.15) is 4.88 Å². The van der Waals surface area contributed by atoms with Gasteiger partial charge in [-0.2, -0.15) is 0 Å². The number of hydrogen-bond donors (Lipinski definition) is 1. The first-order chi connectivity index (χ1) is 6.72. The fourth-order valence-corrected chi connectivity index (χ4v) is 2.44. The lowest BCUT2D eigenvalue weighted by Crippen LogP contribution is -2.28. The van der Waals surface area contributed by atoms with E-state index in [1.54, 1.807) is 18.4 Å². The van der Waals surface area contributed by atoms with Crippen molar-refractivity contribution >= 4 is 33.2 Å². The zero-order chi connectivity index (χ0) is 10.4. The first-order valence-electron chi connectivity index (χ1n) is 4.22. The van der Waals surface area contributed by atoms with Crippen molar-refractivity contribution in [1.29, 1.82) is 0 Å². The Bertz CT molecular complexity index is 301. The van der Waals surface area contributed by atoms with Crippen molar-refractivity contribution in [3.8, 4) is 0 Å². The molecular formula is C9H12BrNO2S. The second-order valence-electron chi connectivity index (χ2n) is 2.73. The van der Waals surface area contributed by atoms with E-state index in [0.29, 0.717) is 19.6 Å². The Morgan fingerprint density at radius 2 is 2.43 bits per heavy atom. The Morgan fingerprint density at radius 1 is 1.64 bits per heavy atom. The van der Waals surface area contributed by atoms with Gasteiger partial charge in [-0.3, -0.25) is 4.79 Å². The van der Waals surface area contributed by atoms with Crippen LogP contribution >= 0.6 is 27.3 Å². The van der Waals surface area contributed by atoms with Gasteiger partial charge in [-0.05, 0) is 28.1 Å². The zero-order valence-electron chi connectivity index (χ0n) is 7.88. The summed E-state index contributed by atoms with van der Waals surface area (Å²) in [5.41, 5.74) is 0. The van der Waals surface area contributed by atoms with Crippen molar-refractivity contribution in [1.82, 2.24) is 5.32 Å². The van der Waals surface area contributed by atoms with E-state index in [-0.39, 0.29) is 5.91 Å². The Labute approximate surface area is 95.6 Å². The van der Waals surface area contributed by atoms with E-state index < -0.39 is 0 Å². The Kier molecular flexibility index (Phi) is 5.14. The molecule has 3 nitrogen and oxygen atoms in total. The monoisotopic (exact) mass is 277 g/mol. The lowest BCUT2D eigenvalue weighted by atomic mass is 10.3. The van der Waals surface area contributed by atoms with E-state index >= 15 is 0 Å². The summed E-state index contributed by atoms with van der Waals surface area (Å²) in [6.07, 6.45) is 0.444. The summed E-state index contributed by atoms with van der Waals surface area (Å²) in [7, 11) is 1.61. The van der Waals surface area contributed by atoms with Gasteiger partial charge in [-0.1, -0.05) is 0 Å². The molecule has 0 saturated carbocycles. The van der Waals surface area contributed by atoms with Gasteiger partial charge >= 0.3 is 0 Å². The Morgan fingerprint density at radius 3 is 3.00 bits per heavy atom. The van der Waals surface area contributed by atoms with Crippen LogP contribution < -0.4 is 5.32 Å². The minimum atomic E-state index is 0.0383. The summed E-state index contributed by atoms with van der Waals surface area (Å²) in [5, 5.41) is 2.77. The number of carbonyl (C=O) groups excluding carboxylic acids is 1. The van der Waals surface area contributed by atoms with E-state index in [1.165, 1.54) is 0 Å². The van der Waals surface area contributed by atoms with E-state index in [1.807, 2.05) is 12.1 Å². The summed E-state index contributed by atoms with van der Waals surface area (Å²) in [5.74, 6) is 0.0383. The smallest absolute Gasteiger partial charge is 0.225 e. The van der Waals surface area contributed by atoms with Gasteiger partial charge in [0.1, 0.15) is 0 Å². The number of amides is 1. The summed E-state index contributed by atoms with van der Waals surface area (Å²) < 4.78 is 5.88. The molecule has 0 aliphatic heterocycles. The second kappa shape index (κ2) is 6.16. The van der Waals surface area contributed by atoms with E-state index in [9.17, 15) is 4.79 Å². The zero-order valence-corrected chi connectivity index (χ0v) is 10.3. The molecule has 0 aromatic carbocycles. The average molecular weight is 278 g/mol. The molecule has 0 fully saturated rings. The van der Waals surface area contributed by atoms with Crippen LogP contribution in [0.3, 0.4) is 0 Å². The molecule has 0 radical (unpaired) electrons. The minimum Gasteiger partial charge on any atom is -0.383 e. The van der Waals surface area contributed by atoms with Crippen LogP contribution in [0, 0.1) is 0 Å². The maximum Gasteiger partial charge on any atom is 0.225 e. The first kappa shape index (κ1) is 11.7. The number of rotatable bonds is 5. The van der Waals surface area contributed by atoms with Crippen LogP contribution in [-0.4, -0.2) is 26.2 Å². The molecule has 1 aromatic rings. The number of nitrogens with one attached hydrogen (secondary N) is 1. The van der Waals surface area contributed by atoms with Crippen molar-refractivity contribution in [3.63, 3.8) is 0 Å². The molecule has 78 valence electrons. The van der Waals surface area contributed by atoms with E-state index in [0.717, 1.165) is 8.66 Å². The maximum atomic E-state index is 11.3.